The Kier molecular flexibility index (Phi) is 6.58. The van der Waals surface area contributed by atoms with Crippen molar-refractivity contribution >= 4 is 38.7 Å². The fraction of sp³-hybridized carbons (Fsp3) is 0.320. The Bertz CT molecular complexity index is 1510. The Morgan fingerprint density at radius 1 is 1.25 bits per heavy atom. The van der Waals surface area contributed by atoms with Crippen molar-refractivity contribution < 1.29 is 23.5 Å². The minimum atomic E-state index is -0.947. The number of carbonyl (C=O) groups excluding carboxylic acids is 2. The van der Waals surface area contributed by atoms with Crippen LogP contribution in [0.3, 0.4) is 0 Å². The molecule has 2 aromatic carbocycles. The van der Waals surface area contributed by atoms with Gasteiger partial charge in [-0.15, -0.1) is 0 Å². The summed E-state index contributed by atoms with van der Waals surface area (Å²) in [5, 5.41) is 9.48. The summed E-state index contributed by atoms with van der Waals surface area (Å²) >= 11 is 3.36. The normalized spacial score (nSPS) is 15.8. The van der Waals surface area contributed by atoms with E-state index in [0.29, 0.717) is 4.47 Å². The highest BCUT2D eigenvalue weighted by atomic mass is 79.9. The molecule has 1 atom stereocenters. The molecule has 1 aliphatic rings. The van der Waals surface area contributed by atoms with Gasteiger partial charge < -0.3 is 9.47 Å². The minimum Gasteiger partial charge on any atom is -0.494 e. The number of halogens is 2. The summed E-state index contributed by atoms with van der Waals surface area (Å²) in [5.74, 6) is -0.930. The number of carbonyl (C=O) groups is 2. The van der Waals surface area contributed by atoms with Gasteiger partial charge in [0, 0.05) is 17.0 Å². The van der Waals surface area contributed by atoms with Crippen molar-refractivity contribution in [3.05, 3.63) is 62.4 Å². The number of hydrogen-bond donors (Lipinski definition) is 0. The van der Waals surface area contributed by atoms with Crippen molar-refractivity contribution in [3.63, 3.8) is 0 Å². The third kappa shape index (κ3) is 4.68. The molecule has 0 N–H and O–H groups in total. The standard InChI is InChI=1S/C25H22BrFN4O5/c1-25(2,3)36-24(34)30-12-15(32)10-19(30)22-29-21-16(7-13(11-28)8-17(21)26)23(33)31(22)14-5-6-20(35-4)18(27)9-14/h5-9,19H,10,12H2,1-4H3. The van der Waals surface area contributed by atoms with Gasteiger partial charge in [-0.25, -0.2) is 14.2 Å². The van der Waals surface area contributed by atoms with Crippen LogP contribution in [0.4, 0.5) is 9.18 Å². The molecular formula is C25H22BrFN4O5. The van der Waals surface area contributed by atoms with E-state index in [9.17, 15) is 24.0 Å². The number of ether oxygens (including phenoxy) is 2. The van der Waals surface area contributed by atoms with Gasteiger partial charge in [0.05, 0.1) is 41.9 Å². The van der Waals surface area contributed by atoms with Gasteiger partial charge in [-0.3, -0.25) is 19.1 Å². The van der Waals surface area contributed by atoms with E-state index < -0.39 is 29.1 Å². The molecule has 2 heterocycles. The van der Waals surface area contributed by atoms with Crippen LogP contribution in [0, 0.1) is 17.1 Å². The van der Waals surface area contributed by atoms with Gasteiger partial charge in [-0.1, -0.05) is 0 Å². The van der Waals surface area contributed by atoms with Crippen molar-refractivity contribution in [2.45, 2.75) is 38.8 Å². The number of nitrogens with zero attached hydrogens (tertiary/aromatic N) is 4. The van der Waals surface area contributed by atoms with Gasteiger partial charge in [0.2, 0.25) is 0 Å². The summed E-state index contributed by atoms with van der Waals surface area (Å²) in [6.45, 7) is 4.88. The zero-order valence-electron chi connectivity index (χ0n) is 20.0. The van der Waals surface area contributed by atoms with Gasteiger partial charge in [0.15, 0.2) is 17.3 Å². The lowest BCUT2D eigenvalue weighted by Gasteiger charge is -2.29. The van der Waals surface area contributed by atoms with Gasteiger partial charge in [-0.05, 0) is 61.0 Å². The fourth-order valence-electron chi connectivity index (χ4n) is 4.03. The largest absolute Gasteiger partial charge is 0.494 e. The van der Waals surface area contributed by atoms with E-state index in [1.165, 1.54) is 36.3 Å². The molecular weight excluding hydrogens is 535 g/mol. The highest BCUT2D eigenvalue weighted by molar-refractivity contribution is 9.10. The number of fused-ring (bicyclic) bond motifs is 1. The van der Waals surface area contributed by atoms with E-state index in [0.717, 1.165) is 10.6 Å². The molecule has 0 bridgehead atoms. The lowest BCUT2D eigenvalue weighted by molar-refractivity contribution is -0.117. The van der Waals surface area contributed by atoms with Gasteiger partial charge >= 0.3 is 6.09 Å². The first-order valence-corrected chi connectivity index (χ1v) is 11.7. The maximum absolute atomic E-state index is 14.7. The van der Waals surface area contributed by atoms with Crippen LogP contribution in [0.2, 0.25) is 0 Å². The number of hydrogen-bond acceptors (Lipinski definition) is 7. The molecule has 1 amide bonds. The maximum Gasteiger partial charge on any atom is 0.411 e. The summed E-state index contributed by atoms with van der Waals surface area (Å²) in [6, 6.07) is 7.89. The number of Topliss-reactive ketones (excluding diaryl/α,β-unsaturated/α-hetero) is 1. The lowest BCUT2D eigenvalue weighted by Crippen LogP contribution is -2.39. The second kappa shape index (κ2) is 9.35. The quantitative estimate of drug-likeness (QED) is 0.469. The Labute approximate surface area is 214 Å². The number of likely N-dealkylation sites (tertiary alicyclic amines) is 1. The second-order valence-corrected chi connectivity index (χ2v) is 10.1. The molecule has 11 heteroatoms. The van der Waals surface area contributed by atoms with E-state index >= 15 is 0 Å². The van der Waals surface area contributed by atoms with E-state index in [-0.39, 0.29) is 52.5 Å². The molecule has 0 saturated carbocycles. The second-order valence-electron chi connectivity index (χ2n) is 9.26. The van der Waals surface area contributed by atoms with Crippen molar-refractivity contribution in [3.8, 4) is 17.5 Å². The van der Waals surface area contributed by atoms with Crippen LogP contribution in [0.1, 0.15) is 44.6 Å². The Balaban J connectivity index is 2.01. The third-order valence-corrected chi connectivity index (χ3v) is 6.15. The van der Waals surface area contributed by atoms with Gasteiger partial charge in [0.1, 0.15) is 17.5 Å². The number of rotatable bonds is 3. The molecule has 36 heavy (non-hydrogen) atoms. The van der Waals surface area contributed by atoms with Crippen LogP contribution >= 0.6 is 15.9 Å². The van der Waals surface area contributed by atoms with Crippen molar-refractivity contribution in [1.82, 2.24) is 14.5 Å². The fourth-order valence-corrected chi connectivity index (χ4v) is 4.58. The average molecular weight is 557 g/mol. The van der Waals surface area contributed by atoms with Gasteiger partial charge in [0.25, 0.3) is 5.56 Å². The molecule has 1 unspecified atom stereocenters. The number of methoxy groups -OCH3 is 1. The summed E-state index contributed by atoms with van der Waals surface area (Å²) in [4.78, 5) is 45.2. The monoisotopic (exact) mass is 556 g/mol. The van der Waals surface area contributed by atoms with E-state index in [1.807, 2.05) is 6.07 Å². The van der Waals surface area contributed by atoms with E-state index in [4.69, 9.17) is 9.47 Å². The zero-order chi connectivity index (χ0) is 26.4. The topological polar surface area (TPSA) is 115 Å². The molecule has 0 aliphatic carbocycles. The van der Waals surface area contributed by atoms with Crippen molar-refractivity contribution in [1.29, 1.82) is 5.26 Å². The molecule has 4 rings (SSSR count). The van der Waals surface area contributed by atoms with Crippen LogP contribution in [-0.4, -0.2) is 45.6 Å². The number of benzene rings is 2. The molecule has 1 aliphatic heterocycles. The average Bonchev–Trinajstić information content (AvgIpc) is 3.20. The summed E-state index contributed by atoms with van der Waals surface area (Å²) < 4.78 is 26.7. The highest BCUT2D eigenvalue weighted by Crippen LogP contribution is 2.34. The lowest BCUT2D eigenvalue weighted by atomic mass is 10.1. The zero-order valence-corrected chi connectivity index (χ0v) is 21.6. The molecule has 1 saturated heterocycles. The first-order chi connectivity index (χ1) is 16.9. The molecule has 186 valence electrons. The van der Waals surface area contributed by atoms with Crippen molar-refractivity contribution in [2.75, 3.05) is 13.7 Å². The molecule has 0 radical (unpaired) electrons. The predicted octanol–water partition coefficient (Wildman–Crippen LogP) is 4.42. The van der Waals surface area contributed by atoms with Crippen molar-refractivity contribution in [2.24, 2.45) is 0 Å². The third-order valence-electron chi connectivity index (χ3n) is 5.55. The van der Waals surface area contributed by atoms with Crippen LogP contribution in [-0.2, 0) is 9.53 Å². The summed E-state index contributed by atoms with van der Waals surface area (Å²) in [5.41, 5.74) is -0.840. The first-order valence-electron chi connectivity index (χ1n) is 10.9. The van der Waals surface area contributed by atoms with E-state index in [1.54, 1.807) is 20.8 Å². The number of nitriles is 1. The highest BCUT2D eigenvalue weighted by Gasteiger charge is 2.40. The number of aromatic nitrogens is 2. The van der Waals surface area contributed by atoms with E-state index in [2.05, 4.69) is 20.9 Å². The summed E-state index contributed by atoms with van der Waals surface area (Å²) in [6.07, 6.45) is -0.844. The SMILES string of the molecule is COc1ccc(-n2c(C3CC(=O)CN3C(=O)OC(C)(C)C)nc3c(Br)cc(C#N)cc3c2=O)cc1F. The van der Waals surface area contributed by atoms with Crippen LogP contribution < -0.4 is 10.3 Å². The maximum atomic E-state index is 14.7. The predicted molar refractivity (Wildman–Crippen MR) is 132 cm³/mol. The Morgan fingerprint density at radius 3 is 2.58 bits per heavy atom. The van der Waals surface area contributed by atoms with Gasteiger partial charge in [-0.2, -0.15) is 5.26 Å². The van der Waals surface area contributed by atoms with Crippen LogP contribution in [0.15, 0.2) is 39.6 Å². The number of amides is 1. The molecule has 1 fully saturated rings. The van der Waals surface area contributed by atoms with Crippen LogP contribution in [0.5, 0.6) is 5.75 Å². The molecule has 1 aromatic heterocycles. The Hall–Kier alpha value is -3.78. The summed E-state index contributed by atoms with van der Waals surface area (Å²) in [7, 11) is 1.32. The first kappa shape index (κ1) is 25.3. The smallest absolute Gasteiger partial charge is 0.411 e. The molecule has 0 spiro atoms. The molecule has 9 nitrogen and oxygen atoms in total. The minimum absolute atomic E-state index is 0.0250. The number of ketones is 1. The van der Waals surface area contributed by atoms with Crippen LogP contribution in [0.25, 0.3) is 16.6 Å². The Morgan fingerprint density at radius 2 is 1.97 bits per heavy atom. The molecule has 3 aromatic rings.